The quantitative estimate of drug-likeness (QED) is 0.897. The predicted molar refractivity (Wildman–Crippen MR) is 66.8 cm³/mol. The van der Waals surface area contributed by atoms with Gasteiger partial charge in [0.25, 0.3) is 0 Å². The highest BCUT2D eigenvalue weighted by Gasteiger charge is 2.22. The van der Waals surface area contributed by atoms with Crippen LogP contribution in [0, 0.1) is 0 Å². The zero-order valence-corrected chi connectivity index (χ0v) is 10.1. The lowest BCUT2D eigenvalue weighted by Crippen LogP contribution is -2.20. The Kier molecular flexibility index (Phi) is 2.59. The van der Waals surface area contributed by atoms with Gasteiger partial charge in [-0.3, -0.25) is 0 Å². The van der Waals surface area contributed by atoms with E-state index in [1.54, 1.807) is 7.11 Å². The van der Waals surface area contributed by atoms with Gasteiger partial charge in [-0.25, -0.2) is 4.79 Å². The molecule has 5 heteroatoms. The molecule has 1 atom stereocenters. The van der Waals surface area contributed by atoms with Gasteiger partial charge in [-0.2, -0.15) is 0 Å². The van der Waals surface area contributed by atoms with E-state index in [0.29, 0.717) is 13.1 Å². The van der Waals surface area contributed by atoms with Gasteiger partial charge in [-0.1, -0.05) is 0 Å². The van der Waals surface area contributed by atoms with Crippen LogP contribution in [-0.2, 0) is 11.3 Å². The van der Waals surface area contributed by atoms with Crippen molar-refractivity contribution >= 4 is 17.0 Å². The number of alkyl carbamates (subject to hydrolysis) is 1. The number of amides is 1. The smallest absolute Gasteiger partial charge is 0.407 e. The van der Waals surface area contributed by atoms with Gasteiger partial charge in [-0.05, 0) is 24.3 Å². The summed E-state index contributed by atoms with van der Waals surface area (Å²) in [6, 6.07) is 7.96. The maximum absolute atomic E-state index is 11.0. The monoisotopic (exact) mass is 246 g/mol. The van der Waals surface area contributed by atoms with Crippen molar-refractivity contribution in [3.8, 4) is 5.75 Å². The van der Waals surface area contributed by atoms with E-state index >= 15 is 0 Å². The predicted octanol–water partition coefficient (Wildman–Crippen LogP) is 1.76. The molecule has 1 unspecified atom stereocenters. The molecule has 1 N–H and O–H groups in total. The van der Waals surface area contributed by atoms with E-state index in [1.807, 2.05) is 30.5 Å². The Morgan fingerprint density at radius 2 is 2.39 bits per heavy atom. The van der Waals surface area contributed by atoms with Gasteiger partial charge < -0.3 is 19.4 Å². The molecule has 3 rings (SSSR count). The van der Waals surface area contributed by atoms with Crippen molar-refractivity contribution in [3.63, 3.8) is 0 Å². The van der Waals surface area contributed by atoms with E-state index in [-0.39, 0.29) is 12.2 Å². The summed E-state index contributed by atoms with van der Waals surface area (Å²) in [7, 11) is 1.65. The third-order valence-corrected chi connectivity index (χ3v) is 3.13. The molecule has 1 saturated heterocycles. The third-order valence-electron chi connectivity index (χ3n) is 3.13. The van der Waals surface area contributed by atoms with Gasteiger partial charge >= 0.3 is 6.09 Å². The minimum Gasteiger partial charge on any atom is -0.497 e. The number of carbonyl (C=O) groups excluding carboxylic acids is 1. The second-order valence-electron chi connectivity index (χ2n) is 4.30. The Bertz CT molecular complexity index is 591. The lowest BCUT2D eigenvalue weighted by atomic mass is 10.2. The Hall–Kier alpha value is -2.17. The van der Waals surface area contributed by atoms with Crippen molar-refractivity contribution in [1.29, 1.82) is 0 Å². The third kappa shape index (κ3) is 1.88. The molecular formula is C13H14N2O3. The first-order chi connectivity index (χ1) is 8.76. The molecule has 0 saturated carbocycles. The minimum atomic E-state index is -0.335. The van der Waals surface area contributed by atoms with E-state index in [0.717, 1.165) is 16.7 Å². The fourth-order valence-electron chi connectivity index (χ4n) is 2.22. The van der Waals surface area contributed by atoms with Crippen molar-refractivity contribution in [2.24, 2.45) is 0 Å². The Balaban J connectivity index is 1.86. The maximum atomic E-state index is 11.0. The highest BCUT2D eigenvalue weighted by atomic mass is 16.6. The van der Waals surface area contributed by atoms with E-state index in [4.69, 9.17) is 9.47 Å². The Morgan fingerprint density at radius 3 is 3.11 bits per heavy atom. The molecular weight excluding hydrogens is 232 g/mol. The second kappa shape index (κ2) is 4.25. The summed E-state index contributed by atoms with van der Waals surface area (Å²) in [6.07, 6.45) is 1.56. The molecule has 2 heterocycles. The molecule has 1 aromatic heterocycles. The summed E-state index contributed by atoms with van der Waals surface area (Å²) in [6.45, 7) is 1.23. The van der Waals surface area contributed by atoms with Crippen LogP contribution in [0.5, 0.6) is 5.75 Å². The first kappa shape index (κ1) is 11.0. The number of fused-ring (bicyclic) bond motifs is 1. The highest BCUT2D eigenvalue weighted by Crippen LogP contribution is 2.22. The summed E-state index contributed by atoms with van der Waals surface area (Å²) in [4.78, 5) is 11.0. The van der Waals surface area contributed by atoms with Crippen LogP contribution in [0.3, 0.4) is 0 Å². The summed E-state index contributed by atoms with van der Waals surface area (Å²) >= 11 is 0. The Labute approximate surface area is 104 Å². The number of nitrogens with zero attached hydrogens (tertiary/aromatic N) is 1. The van der Waals surface area contributed by atoms with E-state index in [9.17, 15) is 4.79 Å². The standard InChI is InChI=1S/C13H14N2O3/c1-17-10-2-3-12-9(6-10)4-5-15(12)8-11-7-14-13(16)18-11/h2-6,11H,7-8H2,1H3,(H,14,16). The molecule has 0 spiro atoms. The minimum absolute atomic E-state index is 0.102. The lowest BCUT2D eigenvalue weighted by Gasteiger charge is -2.10. The fraction of sp³-hybridized carbons (Fsp3) is 0.308. The highest BCUT2D eigenvalue weighted by molar-refractivity contribution is 5.81. The number of rotatable bonds is 3. The van der Waals surface area contributed by atoms with Crippen molar-refractivity contribution in [2.45, 2.75) is 12.6 Å². The molecule has 94 valence electrons. The van der Waals surface area contributed by atoms with Crippen LogP contribution in [0.25, 0.3) is 10.9 Å². The van der Waals surface area contributed by atoms with Gasteiger partial charge in [0.05, 0.1) is 20.2 Å². The molecule has 2 aromatic rings. The zero-order valence-electron chi connectivity index (χ0n) is 10.1. The zero-order chi connectivity index (χ0) is 12.5. The number of cyclic esters (lactones) is 1. The van der Waals surface area contributed by atoms with Crippen LogP contribution >= 0.6 is 0 Å². The molecule has 1 aliphatic rings. The van der Waals surface area contributed by atoms with Crippen molar-refractivity contribution in [3.05, 3.63) is 30.5 Å². The van der Waals surface area contributed by atoms with Crippen LogP contribution < -0.4 is 10.1 Å². The van der Waals surface area contributed by atoms with Gasteiger partial charge in [0.15, 0.2) is 0 Å². The number of methoxy groups -OCH3 is 1. The van der Waals surface area contributed by atoms with Crippen LogP contribution in [-0.4, -0.2) is 30.4 Å². The number of hydrogen-bond donors (Lipinski definition) is 1. The van der Waals surface area contributed by atoms with Crippen molar-refractivity contribution in [1.82, 2.24) is 9.88 Å². The Morgan fingerprint density at radius 1 is 1.50 bits per heavy atom. The molecule has 1 aliphatic heterocycles. The van der Waals surface area contributed by atoms with Crippen LogP contribution in [0.1, 0.15) is 0 Å². The summed E-state index contributed by atoms with van der Waals surface area (Å²) in [5, 5.41) is 3.77. The van der Waals surface area contributed by atoms with Gasteiger partial charge in [0.1, 0.15) is 11.9 Å². The maximum Gasteiger partial charge on any atom is 0.407 e. The first-order valence-electron chi connectivity index (χ1n) is 5.83. The summed E-state index contributed by atoms with van der Waals surface area (Å²) in [5.41, 5.74) is 1.11. The molecule has 18 heavy (non-hydrogen) atoms. The van der Waals surface area contributed by atoms with E-state index in [1.165, 1.54) is 0 Å². The summed E-state index contributed by atoms with van der Waals surface area (Å²) < 4.78 is 12.4. The number of carbonyl (C=O) groups is 1. The molecule has 0 aliphatic carbocycles. The number of hydrogen-bond acceptors (Lipinski definition) is 3. The molecule has 1 aromatic carbocycles. The molecule has 5 nitrogen and oxygen atoms in total. The molecule has 0 radical (unpaired) electrons. The van der Waals surface area contributed by atoms with Crippen LogP contribution in [0.4, 0.5) is 4.79 Å². The number of benzene rings is 1. The van der Waals surface area contributed by atoms with Gasteiger partial charge in [-0.15, -0.1) is 0 Å². The van der Waals surface area contributed by atoms with Crippen molar-refractivity contribution in [2.75, 3.05) is 13.7 Å². The summed E-state index contributed by atoms with van der Waals surface area (Å²) in [5.74, 6) is 0.842. The van der Waals surface area contributed by atoms with E-state index < -0.39 is 0 Å². The molecule has 0 bridgehead atoms. The van der Waals surface area contributed by atoms with E-state index in [2.05, 4.69) is 9.88 Å². The first-order valence-corrected chi connectivity index (χ1v) is 5.83. The topological polar surface area (TPSA) is 52.5 Å². The van der Waals surface area contributed by atoms with Crippen LogP contribution in [0.2, 0.25) is 0 Å². The molecule has 1 fully saturated rings. The fourth-order valence-corrected chi connectivity index (χ4v) is 2.22. The normalized spacial score (nSPS) is 18.7. The number of ether oxygens (including phenoxy) is 2. The average molecular weight is 246 g/mol. The van der Waals surface area contributed by atoms with Gasteiger partial charge in [0.2, 0.25) is 0 Å². The average Bonchev–Trinajstić information content (AvgIpc) is 2.96. The number of aromatic nitrogens is 1. The largest absolute Gasteiger partial charge is 0.497 e. The lowest BCUT2D eigenvalue weighted by molar-refractivity contribution is 0.131. The molecule has 1 amide bonds. The number of nitrogens with one attached hydrogen (secondary N) is 1. The van der Waals surface area contributed by atoms with Gasteiger partial charge in [0, 0.05) is 17.1 Å². The SMILES string of the molecule is COc1ccc2c(ccn2CC2CNC(=O)O2)c1. The van der Waals surface area contributed by atoms with Crippen LogP contribution in [0.15, 0.2) is 30.5 Å². The van der Waals surface area contributed by atoms with Crippen molar-refractivity contribution < 1.29 is 14.3 Å². The second-order valence-corrected chi connectivity index (χ2v) is 4.30.